The van der Waals surface area contributed by atoms with E-state index in [1.807, 2.05) is 58.0 Å². The molecule has 9 atom stereocenters. The van der Waals surface area contributed by atoms with Crippen molar-refractivity contribution in [2.45, 2.75) is 122 Å². The van der Waals surface area contributed by atoms with Gasteiger partial charge in [0.05, 0.1) is 0 Å². The van der Waals surface area contributed by atoms with Crippen LogP contribution in [0.2, 0.25) is 0 Å². The van der Waals surface area contributed by atoms with Gasteiger partial charge in [0.2, 0.25) is 5.60 Å². The predicted molar refractivity (Wildman–Crippen MR) is 189 cm³/mol. The molecule has 0 amide bonds. The lowest BCUT2D eigenvalue weighted by atomic mass is 9.77. The molecule has 51 heavy (non-hydrogen) atoms. The molecule has 0 spiro atoms. The van der Waals surface area contributed by atoms with Crippen molar-refractivity contribution in [1.29, 1.82) is 0 Å². The number of hydrogen-bond donors (Lipinski definition) is 5. The van der Waals surface area contributed by atoms with Crippen LogP contribution in [-0.4, -0.2) is 98.4 Å². The fraction of sp³-hybridized carbons (Fsp3) is 0.605. The van der Waals surface area contributed by atoms with Crippen LogP contribution in [0.1, 0.15) is 86.1 Å². The van der Waals surface area contributed by atoms with Crippen molar-refractivity contribution in [3.8, 4) is 0 Å². The van der Waals surface area contributed by atoms with Gasteiger partial charge in [-0.25, -0.2) is 9.59 Å². The minimum atomic E-state index is -2.83. The van der Waals surface area contributed by atoms with E-state index < -0.39 is 59.6 Å². The number of aliphatic hydroxyl groups excluding tert-OH is 2. The molecule has 288 valence electrons. The molecule has 0 radical (unpaired) electrons. The zero-order chi connectivity index (χ0) is 39.6. The van der Waals surface area contributed by atoms with Gasteiger partial charge in [0.25, 0.3) is 0 Å². The monoisotopic (exact) mass is 722 g/mol. The molecule has 4 unspecified atom stereocenters. The Morgan fingerprint density at radius 3 is 2.14 bits per heavy atom. The average Bonchev–Trinajstić information content (AvgIpc) is 3.39. The summed E-state index contributed by atoms with van der Waals surface area (Å²) in [7, 11) is 1.00. The highest BCUT2D eigenvalue weighted by atomic mass is 16.8. The van der Waals surface area contributed by atoms with Crippen molar-refractivity contribution < 1.29 is 63.7 Å². The molecule has 2 saturated heterocycles. The molecular weight excluding hydrogens is 664 g/mol. The van der Waals surface area contributed by atoms with Crippen LogP contribution in [0.4, 0.5) is 0 Å². The Labute approximate surface area is 301 Å². The summed E-state index contributed by atoms with van der Waals surface area (Å²) < 4.78 is 16.7. The second-order valence-electron chi connectivity index (χ2n) is 12.7. The van der Waals surface area contributed by atoms with Gasteiger partial charge in [-0.15, -0.1) is 0 Å². The fourth-order valence-corrected chi connectivity index (χ4v) is 6.06. The molecule has 0 saturated carbocycles. The van der Waals surface area contributed by atoms with Gasteiger partial charge in [0, 0.05) is 38.9 Å². The average molecular weight is 723 g/mol. The highest BCUT2D eigenvalue weighted by Gasteiger charge is 2.76. The summed E-state index contributed by atoms with van der Waals surface area (Å²) in [5.41, 5.74) is -3.91. The Hall–Kier alpha value is -3.75. The number of rotatable bonds is 16. The normalized spacial score (nSPS) is 27.0. The van der Waals surface area contributed by atoms with Gasteiger partial charge in [-0.3, -0.25) is 9.59 Å². The maximum Gasteiger partial charge on any atom is 0.339 e. The number of hydrogen-bond acceptors (Lipinski definition) is 11. The van der Waals surface area contributed by atoms with E-state index in [-0.39, 0.29) is 31.3 Å². The van der Waals surface area contributed by atoms with E-state index in [0.717, 1.165) is 25.5 Å². The number of benzene rings is 1. The van der Waals surface area contributed by atoms with Crippen LogP contribution < -0.4 is 0 Å². The maximum absolute atomic E-state index is 12.1. The molecule has 3 rings (SSSR count). The summed E-state index contributed by atoms with van der Waals surface area (Å²) in [6.07, 6.45) is 0.867. The highest BCUT2D eigenvalue weighted by Crippen LogP contribution is 2.53. The summed E-state index contributed by atoms with van der Waals surface area (Å²) in [5.74, 6) is -4.20. The summed E-state index contributed by atoms with van der Waals surface area (Å²) in [4.78, 5) is 57.4. The van der Waals surface area contributed by atoms with Gasteiger partial charge >= 0.3 is 17.9 Å². The smallest absolute Gasteiger partial charge is 0.339 e. The van der Waals surface area contributed by atoms with Crippen LogP contribution in [0.5, 0.6) is 0 Å². The lowest BCUT2D eigenvalue weighted by molar-refractivity contribution is -0.363. The highest BCUT2D eigenvalue weighted by molar-refractivity contribution is 5.90. The maximum atomic E-state index is 12.1. The third kappa shape index (κ3) is 12.5. The van der Waals surface area contributed by atoms with Crippen LogP contribution in [0.15, 0.2) is 54.6 Å². The number of aliphatic carboxylic acids is 2. The summed E-state index contributed by atoms with van der Waals surface area (Å²) in [6, 6.07) is 9.58. The number of aldehydes is 2. The molecule has 2 fully saturated rings. The standard InChI is InChI=1S/C25H30O10.C10H18O2.C2H6.CH4O/c1-15(21(33-17(3)28)16(2)11-18-7-5-4-6-8-18)9-10-25-19(29)12-24(35-25,22(30)31)23(32,14-27)20(13-26)34-25;1-4-8(2)7-9(3)5-6-10(11)12;2*1-2/h4-8,13-14,16,19-21,29,32H,1,9-12H2,2-3H3,(H,30,31);5-6,8-9H,4,7H2,1-3H3,(H,11,12);1-2H3;2H,1H3/b;6-5+;;/t16-,19-,20?,21-,23?,24?,25?;8-,9+;;/m10../s1. The van der Waals surface area contributed by atoms with E-state index in [0.29, 0.717) is 23.8 Å². The van der Waals surface area contributed by atoms with Crippen molar-refractivity contribution in [2.24, 2.45) is 17.8 Å². The summed E-state index contributed by atoms with van der Waals surface area (Å²) in [6.45, 7) is 17.6. The zero-order valence-electron chi connectivity index (χ0n) is 31.1. The Morgan fingerprint density at radius 1 is 1.08 bits per heavy atom. The molecule has 2 aliphatic rings. The van der Waals surface area contributed by atoms with E-state index >= 15 is 0 Å². The summed E-state index contributed by atoms with van der Waals surface area (Å²) >= 11 is 0. The molecule has 1 aromatic rings. The number of carboxylic acid groups (broad SMARTS) is 2. The first-order valence-corrected chi connectivity index (χ1v) is 17.2. The van der Waals surface area contributed by atoms with Crippen molar-refractivity contribution in [3.63, 3.8) is 0 Å². The minimum absolute atomic E-state index is 0.0644. The number of esters is 1. The van der Waals surface area contributed by atoms with Crippen molar-refractivity contribution >= 4 is 30.5 Å². The van der Waals surface area contributed by atoms with Gasteiger partial charge < -0.3 is 44.5 Å². The Balaban J connectivity index is 0.00000132. The van der Waals surface area contributed by atoms with Crippen LogP contribution in [-0.2, 0) is 44.6 Å². The first kappa shape index (κ1) is 47.2. The molecule has 2 aliphatic heterocycles. The first-order valence-electron chi connectivity index (χ1n) is 17.2. The van der Waals surface area contributed by atoms with Crippen molar-refractivity contribution in [2.75, 3.05) is 7.11 Å². The van der Waals surface area contributed by atoms with Crippen molar-refractivity contribution in [3.05, 3.63) is 60.2 Å². The number of fused-ring (bicyclic) bond motifs is 2. The van der Waals surface area contributed by atoms with Crippen molar-refractivity contribution in [1.82, 2.24) is 0 Å². The number of allylic oxidation sites excluding steroid dienone is 1. The van der Waals surface area contributed by atoms with E-state index in [2.05, 4.69) is 20.4 Å². The topological polar surface area (TPSA) is 214 Å². The van der Waals surface area contributed by atoms with Crippen LogP contribution >= 0.6 is 0 Å². The molecule has 5 N–H and O–H groups in total. The molecule has 0 aromatic heterocycles. The van der Waals surface area contributed by atoms with Gasteiger partial charge in [0.15, 0.2) is 30.1 Å². The van der Waals surface area contributed by atoms with E-state index in [1.165, 1.54) is 13.0 Å². The number of ether oxygens (including phenoxy) is 3. The molecule has 13 nitrogen and oxygen atoms in total. The molecule has 2 bridgehead atoms. The number of carboxylic acids is 2. The van der Waals surface area contributed by atoms with Gasteiger partial charge in [-0.1, -0.05) is 91.0 Å². The molecule has 2 heterocycles. The second kappa shape index (κ2) is 22.2. The SMILES string of the molecule is C=C(CCC12OC(C=O)C(O)(C=O)C(C(=O)O)(C[C@H]1O)O2)[C@@H](OC(C)=O)[C@H](C)Cc1ccccc1.CC.CC[C@H](C)C[C@H](C)/C=C/C(=O)O.CO. The quantitative estimate of drug-likeness (QED) is 0.0698. The van der Waals surface area contributed by atoms with Gasteiger partial charge in [-0.05, 0) is 42.2 Å². The van der Waals surface area contributed by atoms with Gasteiger partial charge in [0.1, 0.15) is 12.2 Å². The van der Waals surface area contributed by atoms with E-state index in [1.54, 1.807) is 6.08 Å². The third-order valence-electron chi connectivity index (χ3n) is 8.84. The third-order valence-corrected chi connectivity index (χ3v) is 8.84. The van der Waals surface area contributed by atoms with Crippen LogP contribution in [0.25, 0.3) is 0 Å². The minimum Gasteiger partial charge on any atom is -0.479 e. The number of aliphatic hydroxyl groups is 3. The Bertz CT molecular complexity index is 1300. The Kier molecular flexibility index (Phi) is 20.6. The molecule has 1 aromatic carbocycles. The van der Waals surface area contributed by atoms with E-state index in [9.17, 15) is 39.3 Å². The van der Waals surface area contributed by atoms with Crippen LogP contribution in [0, 0.1) is 17.8 Å². The lowest BCUT2D eigenvalue weighted by Gasteiger charge is -2.48. The van der Waals surface area contributed by atoms with Crippen LogP contribution in [0.3, 0.4) is 0 Å². The fourth-order valence-electron chi connectivity index (χ4n) is 6.06. The molecular formula is C38H58O13. The predicted octanol–water partition coefficient (Wildman–Crippen LogP) is 4.30. The second-order valence-corrected chi connectivity index (χ2v) is 12.7. The number of carbonyl (C=O) groups excluding carboxylic acids is 3. The first-order chi connectivity index (χ1) is 24.0. The number of carbonyl (C=O) groups is 5. The van der Waals surface area contributed by atoms with E-state index in [4.69, 9.17) is 24.4 Å². The summed E-state index contributed by atoms with van der Waals surface area (Å²) in [5, 5.41) is 46.6. The molecule has 0 aliphatic carbocycles. The lowest BCUT2D eigenvalue weighted by Crippen LogP contribution is -2.72. The zero-order valence-corrected chi connectivity index (χ0v) is 31.1. The molecule has 13 heteroatoms. The Morgan fingerprint density at radius 2 is 1.67 bits per heavy atom. The van der Waals surface area contributed by atoms with Gasteiger partial charge in [-0.2, -0.15) is 0 Å². The largest absolute Gasteiger partial charge is 0.479 e.